The number of halogens is 5. The van der Waals surface area contributed by atoms with E-state index in [1.165, 1.54) is 12.1 Å². The lowest BCUT2D eigenvalue weighted by Gasteiger charge is -2.18. The van der Waals surface area contributed by atoms with Crippen molar-refractivity contribution in [2.24, 2.45) is 0 Å². The van der Waals surface area contributed by atoms with Crippen molar-refractivity contribution in [3.63, 3.8) is 0 Å². The summed E-state index contributed by atoms with van der Waals surface area (Å²) >= 11 is 3.51. The maximum absolute atomic E-state index is 13.6. The van der Waals surface area contributed by atoms with Crippen molar-refractivity contribution >= 4 is 61.3 Å². The molecule has 2 aliphatic rings. The summed E-state index contributed by atoms with van der Waals surface area (Å²) in [5, 5.41) is 11.6. The van der Waals surface area contributed by atoms with E-state index < -0.39 is 17.7 Å². The van der Waals surface area contributed by atoms with Crippen LogP contribution < -0.4 is 0 Å². The van der Waals surface area contributed by atoms with E-state index in [0.29, 0.717) is 27.5 Å². The van der Waals surface area contributed by atoms with Crippen LogP contribution in [0.3, 0.4) is 0 Å². The van der Waals surface area contributed by atoms with Gasteiger partial charge in [0.2, 0.25) is 0 Å². The lowest BCUT2D eigenvalue weighted by molar-refractivity contribution is -0.137. The molecule has 6 nitrogen and oxygen atoms in total. The first kappa shape index (κ1) is 29.6. The number of phenolic OH excluding ortho intramolecular Hbond substituents is 1. The summed E-state index contributed by atoms with van der Waals surface area (Å²) in [4.78, 5) is 15.7. The van der Waals surface area contributed by atoms with E-state index in [9.17, 15) is 27.3 Å². The van der Waals surface area contributed by atoms with Crippen LogP contribution in [0.4, 0.5) is 13.2 Å². The third-order valence-corrected chi connectivity index (χ3v) is 8.24. The molecule has 2 aromatic carbocycles. The molecule has 2 heterocycles. The van der Waals surface area contributed by atoms with Gasteiger partial charge in [0.15, 0.2) is 0 Å². The quantitative estimate of drug-likeness (QED) is 0.182. The van der Waals surface area contributed by atoms with Gasteiger partial charge in [-0.3, -0.25) is 4.90 Å². The van der Waals surface area contributed by atoms with Gasteiger partial charge in [-0.05, 0) is 85.4 Å². The molecule has 0 bridgehead atoms. The smallest absolute Gasteiger partial charge is 0.416 e. The normalized spacial score (nSPS) is 15.8. The number of hydrogen-bond donors (Lipinski definition) is 1. The van der Waals surface area contributed by atoms with Gasteiger partial charge in [0.1, 0.15) is 5.75 Å². The summed E-state index contributed by atoms with van der Waals surface area (Å²) in [6.07, 6.45) is -0.966. The topological polar surface area (TPSA) is 71.8 Å². The summed E-state index contributed by atoms with van der Waals surface area (Å²) in [5.74, 6) is -0.695. The van der Waals surface area contributed by atoms with E-state index >= 15 is 0 Å². The van der Waals surface area contributed by atoms with Gasteiger partial charge >= 0.3 is 12.1 Å². The fraction of sp³-hybridized carbons (Fsp3) is 0.407. The Kier molecular flexibility index (Phi) is 8.85. The number of fused-ring (bicyclic) bond motifs is 1. The van der Waals surface area contributed by atoms with E-state index in [-0.39, 0.29) is 63.7 Å². The van der Waals surface area contributed by atoms with E-state index in [2.05, 4.69) is 20.8 Å². The van der Waals surface area contributed by atoms with Gasteiger partial charge in [-0.2, -0.15) is 13.2 Å². The van der Waals surface area contributed by atoms with Gasteiger partial charge in [-0.15, -0.1) is 12.4 Å². The molecule has 0 spiro atoms. The minimum atomic E-state index is -4.60. The van der Waals surface area contributed by atoms with Crippen molar-refractivity contribution in [2.75, 3.05) is 19.7 Å². The SMILES string of the molecule is CCOC(=O)c1c(C(=S=O)c2cccc(C(F)(F)F)c2)n(C2CC2)c2cc(Br)c(O)c(CN3CCCC3)c12.Cl. The molecule has 1 saturated heterocycles. The lowest BCUT2D eigenvalue weighted by atomic mass is 9.99. The first-order chi connectivity index (χ1) is 18.2. The van der Waals surface area contributed by atoms with Crippen molar-refractivity contribution in [3.05, 3.63) is 62.8 Å². The third kappa shape index (κ3) is 5.64. The summed E-state index contributed by atoms with van der Waals surface area (Å²) in [5.41, 5.74) is 0.673. The molecule has 210 valence electrons. The number of likely N-dealkylation sites (tertiary alicyclic amines) is 1. The summed E-state index contributed by atoms with van der Waals surface area (Å²) in [6.45, 7) is 3.80. The van der Waals surface area contributed by atoms with Gasteiger partial charge < -0.3 is 14.4 Å². The number of aromatic nitrogens is 1. The molecule has 1 aliphatic carbocycles. The van der Waals surface area contributed by atoms with Gasteiger partial charge in [-0.25, -0.2) is 9.00 Å². The van der Waals surface area contributed by atoms with Crippen molar-refractivity contribution in [1.29, 1.82) is 0 Å². The monoisotopic (exact) mass is 646 g/mol. The van der Waals surface area contributed by atoms with Crippen molar-refractivity contribution in [2.45, 2.75) is 51.4 Å². The van der Waals surface area contributed by atoms with Crippen molar-refractivity contribution < 1.29 is 32.0 Å². The number of alkyl halides is 3. The molecule has 0 radical (unpaired) electrons. The van der Waals surface area contributed by atoms with E-state index in [1.54, 1.807) is 13.0 Å². The molecule has 1 saturated carbocycles. The number of benzene rings is 2. The summed E-state index contributed by atoms with van der Waals surface area (Å²) in [6, 6.07) is 6.24. The molecule has 0 atom stereocenters. The Labute approximate surface area is 241 Å². The summed E-state index contributed by atoms with van der Waals surface area (Å²) in [7, 11) is 0. The Bertz CT molecular complexity index is 1480. The number of aromatic hydroxyl groups is 1. The van der Waals surface area contributed by atoms with E-state index in [1.807, 2.05) is 4.57 Å². The minimum Gasteiger partial charge on any atom is -0.506 e. The fourth-order valence-electron chi connectivity index (χ4n) is 5.22. The Morgan fingerprint density at radius 3 is 2.49 bits per heavy atom. The first-order valence-corrected chi connectivity index (χ1v) is 14.0. The average molecular weight is 648 g/mol. The Morgan fingerprint density at radius 1 is 1.21 bits per heavy atom. The van der Waals surface area contributed by atoms with E-state index in [4.69, 9.17) is 4.74 Å². The molecule has 1 aromatic heterocycles. The predicted molar refractivity (Wildman–Crippen MR) is 150 cm³/mol. The van der Waals surface area contributed by atoms with Crippen molar-refractivity contribution in [3.8, 4) is 5.75 Å². The average Bonchev–Trinajstić information content (AvgIpc) is 3.47. The number of nitrogens with zero attached hydrogens (tertiary/aromatic N) is 2. The molecular formula is C27H27BrClF3N2O4S. The molecule has 3 aromatic rings. The molecule has 5 rings (SSSR count). The molecule has 1 aliphatic heterocycles. The largest absolute Gasteiger partial charge is 0.506 e. The number of phenols is 1. The third-order valence-electron chi connectivity index (χ3n) is 7.04. The van der Waals surface area contributed by atoms with Gasteiger partial charge in [0.05, 0.1) is 49.5 Å². The standard InChI is InChI=1S/C27H26BrF3N2O4S.ClH/c1-2-37-26(35)22-21-18(14-32-10-3-4-11-32)24(34)19(28)13-20(21)33(17-8-9-17)23(22)25(38-36)15-6-5-7-16(12-15)27(29,30)31;/h5-7,12-13,17,34H,2-4,8-11,14H2,1H3;1H. The van der Waals surface area contributed by atoms with Crippen LogP contribution in [0.25, 0.3) is 10.9 Å². The highest BCUT2D eigenvalue weighted by atomic mass is 79.9. The van der Waals surface area contributed by atoms with Crippen LogP contribution in [0.2, 0.25) is 0 Å². The Hall–Kier alpha value is -2.34. The number of esters is 1. The van der Waals surface area contributed by atoms with Crippen LogP contribution in [0.1, 0.15) is 71.4 Å². The zero-order valence-corrected chi connectivity index (χ0v) is 24.2. The zero-order chi connectivity index (χ0) is 27.2. The number of rotatable bonds is 7. The molecule has 1 N–H and O–H groups in total. The van der Waals surface area contributed by atoms with Crippen LogP contribution in [0.5, 0.6) is 5.75 Å². The van der Waals surface area contributed by atoms with Crippen LogP contribution in [0, 0.1) is 0 Å². The fourth-order valence-corrected chi connectivity index (χ4v) is 6.18. The Morgan fingerprint density at radius 2 is 1.90 bits per heavy atom. The first-order valence-electron chi connectivity index (χ1n) is 12.5. The number of carbonyl (C=O) groups excluding carboxylic acids is 1. The maximum atomic E-state index is 13.6. The lowest BCUT2D eigenvalue weighted by Crippen LogP contribution is -2.19. The second-order valence-corrected chi connectivity index (χ2v) is 11.0. The van der Waals surface area contributed by atoms with E-state index in [0.717, 1.165) is 50.9 Å². The van der Waals surface area contributed by atoms with Gasteiger partial charge in [-0.1, -0.05) is 12.1 Å². The molecule has 0 unspecified atom stereocenters. The summed E-state index contributed by atoms with van der Waals surface area (Å²) < 4.78 is 61.1. The van der Waals surface area contributed by atoms with Crippen molar-refractivity contribution in [1.82, 2.24) is 9.47 Å². The molecule has 2 fully saturated rings. The second-order valence-electron chi connectivity index (χ2n) is 9.60. The zero-order valence-electron chi connectivity index (χ0n) is 21.0. The molecule has 12 heteroatoms. The predicted octanol–water partition coefficient (Wildman–Crippen LogP) is 6.44. The Balaban J connectivity index is 0.00000353. The van der Waals surface area contributed by atoms with Gasteiger partial charge in [0.25, 0.3) is 0 Å². The second kappa shape index (κ2) is 11.6. The highest BCUT2D eigenvalue weighted by Crippen LogP contribution is 2.47. The van der Waals surface area contributed by atoms with Gasteiger partial charge in [0, 0.05) is 23.5 Å². The van der Waals surface area contributed by atoms with Crippen LogP contribution >= 0.6 is 28.3 Å². The number of hydrogen-bond acceptors (Lipinski definition) is 5. The van der Waals surface area contributed by atoms with Crippen LogP contribution in [-0.4, -0.2) is 49.3 Å². The molecule has 39 heavy (non-hydrogen) atoms. The molecule has 0 amide bonds. The number of carbonyl (C=O) groups is 1. The maximum Gasteiger partial charge on any atom is 0.416 e. The minimum absolute atomic E-state index is 0. The van der Waals surface area contributed by atoms with Crippen LogP contribution in [-0.2, 0) is 28.7 Å². The highest BCUT2D eigenvalue weighted by Gasteiger charge is 2.38. The van der Waals surface area contributed by atoms with Crippen LogP contribution in [0.15, 0.2) is 34.8 Å². The number of ether oxygens (including phenoxy) is 1. The molecular weight excluding hydrogens is 621 g/mol. The highest BCUT2D eigenvalue weighted by molar-refractivity contribution is 9.10.